The van der Waals surface area contributed by atoms with Crippen LogP contribution in [0.25, 0.3) is 0 Å². The van der Waals surface area contributed by atoms with Gasteiger partial charge in [0.15, 0.2) is 0 Å². The molecular formula is C6H12O2S. The van der Waals surface area contributed by atoms with Gasteiger partial charge in [-0.05, 0) is 13.8 Å². The van der Waals surface area contributed by atoms with Gasteiger partial charge in [0.25, 0.3) is 0 Å². The minimum atomic E-state index is -0.640. The Morgan fingerprint density at radius 1 is 1.56 bits per heavy atom. The highest BCUT2D eigenvalue weighted by molar-refractivity contribution is 7.85. The van der Waals surface area contributed by atoms with Gasteiger partial charge in [-0.25, -0.2) is 0 Å². The molecule has 9 heavy (non-hydrogen) atoms. The quantitative estimate of drug-likeness (QED) is 0.501. The van der Waals surface area contributed by atoms with Crippen molar-refractivity contribution in [2.75, 3.05) is 12.4 Å². The molecule has 1 aliphatic rings. The molecule has 3 atom stereocenters. The fourth-order valence-corrected chi connectivity index (χ4v) is 1.99. The van der Waals surface area contributed by atoms with Crippen molar-refractivity contribution in [2.24, 2.45) is 0 Å². The van der Waals surface area contributed by atoms with Crippen LogP contribution in [-0.2, 0) is 15.5 Å². The standard InChI is InChI=1S/C6H12O2S/c1-5-6(2)9(7)4-3-8-5/h5-6H,3-4H2,1-2H3/t5-,6-,9+/m0/s1. The number of rotatable bonds is 0. The van der Waals surface area contributed by atoms with E-state index in [0.717, 1.165) is 0 Å². The van der Waals surface area contributed by atoms with Crippen LogP contribution in [-0.4, -0.2) is 27.9 Å². The normalized spacial score (nSPS) is 44.9. The smallest absolute Gasteiger partial charge is 0.0688 e. The summed E-state index contributed by atoms with van der Waals surface area (Å²) in [6, 6.07) is 0. The zero-order chi connectivity index (χ0) is 6.85. The van der Waals surface area contributed by atoms with Gasteiger partial charge in [-0.15, -0.1) is 0 Å². The van der Waals surface area contributed by atoms with Gasteiger partial charge in [-0.3, -0.25) is 4.21 Å². The van der Waals surface area contributed by atoms with Gasteiger partial charge in [0, 0.05) is 16.6 Å². The minimum Gasteiger partial charge on any atom is -0.376 e. The largest absolute Gasteiger partial charge is 0.376 e. The van der Waals surface area contributed by atoms with Crippen LogP contribution in [0.4, 0.5) is 0 Å². The van der Waals surface area contributed by atoms with Gasteiger partial charge < -0.3 is 4.74 Å². The van der Waals surface area contributed by atoms with Gasteiger partial charge >= 0.3 is 0 Å². The number of ether oxygens (including phenoxy) is 1. The lowest BCUT2D eigenvalue weighted by Gasteiger charge is -2.24. The Kier molecular flexibility index (Phi) is 2.24. The molecule has 1 heterocycles. The summed E-state index contributed by atoms with van der Waals surface area (Å²) >= 11 is 0. The second-order valence-corrected chi connectivity index (χ2v) is 4.28. The minimum absolute atomic E-state index is 0.180. The SMILES string of the molecule is C[C@@H]1OCC[S@@](=O)[C@H]1C. The maximum atomic E-state index is 11.0. The maximum absolute atomic E-state index is 11.0. The van der Waals surface area contributed by atoms with Crippen molar-refractivity contribution in [3.63, 3.8) is 0 Å². The molecule has 1 aliphatic heterocycles. The van der Waals surface area contributed by atoms with Crippen LogP contribution in [0, 0.1) is 0 Å². The molecule has 0 aromatic carbocycles. The molecule has 0 saturated carbocycles. The van der Waals surface area contributed by atoms with Crippen molar-refractivity contribution >= 4 is 10.8 Å². The summed E-state index contributed by atoms with van der Waals surface area (Å²) in [6.45, 7) is 4.61. The Hall–Kier alpha value is 0.110. The topological polar surface area (TPSA) is 26.3 Å². The van der Waals surface area contributed by atoms with Crippen LogP contribution >= 0.6 is 0 Å². The second kappa shape index (κ2) is 2.80. The molecule has 0 bridgehead atoms. The van der Waals surface area contributed by atoms with Gasteiger partial charge in [0.2, 0.25) is 0 Å². The molecule has 0 aromatic rings. The van der Waals surface area contributed by atoms with Crippen LogP contribution < -0.4 is 0 Å². The van der Waals surface area contributed by atoms with Crippen molar-refractivity contribution in [3.05, 3.63) is 0 Å². The van der Waals surface area contributed by atoms with E-state index in [2.05, 4.69) is 0 Å². The molecule has 0 N–H and O–H groups in total. The molecule has 0 amide bonds. The first-order valence-corrected chi connectivity index (χ1v) is 4.59. The zero-order valence-electron chi connectivity index (χ0n) is 5.79. The van der Waals surface area contributed by atoms with E-state index in [9.17, 15) is 4.21 Å². The predicted octanol–water partition coefficient (Wildman–Crippen LogP) is 0.542. The first-order valence-electron chi connectivity index (χ1n) is 3.20. The fourth-order valence-electron chi connectivity index (χ4n) is 0.851. The summed E-state index contributed by atoms with van der Waals surface area (Å²) < 4.78 is 16.3. The second-order valence-electron chi connectivity index (χ2n) is 2.37. The lowest BCUT2D eigenvalue weighted by molar-refractivity contribution is 0.0701. The first-order chi connectivity index (χ1) is 4.22. The van der Waals surface area contributed by atoms with Crippen LogP contribution in [0.5, 0.6) is 0 Å². The summed E-state index contributed by atoms with van der Waals surface area (Å²) in [7, 11) is -0.640. The number of hydrogen-bond donors (Lipinski definition) is 0. The Bertz CT molecular complexity index is 124. The summed E-state index contributed by atoms with van der Waals surface area (Å²) in [5.41, 5.74) is 0. The highest BCUT2D eigenvalue weighted by Gasteiger charge is 2.23. The predicted molar refractivity (Wildman–Crippen MR) is 37.9 cm³/mol. The maximum Gasteiger partial charge on any atom is 0.0688 e. The van der Waals surface area contributed by atoms with Crippen LogP contribution in [0.2, 0.25) is 0 Å². The number of hydrogen-bond acceptors (Lipinski definition) is 2. The van der Waals surface area contributed by atoms with E-state index in [0.29, 0.717) is 12.4 Å². The molecule has 54 valence electrons. The monoisotopic (exact) mass is 148 g/mol. The zero-order valence-corrected chi connectivity index (χ0v) is 6.61. The van der Waals surface area contributed by atoms with E-state index >= 15 is 0 Å². The Balaban J connectivity index is 2.51. The Morgan fingerprint density at radius 3 is 2.67 bits per heavy atom. The van der Waals surface area contributed by atoms with E-state index in [1.807, 2.05) is 13.8 Å². The van der Waals surface area contributed by atoms with Gasteiger partial charge in [0.05, 0.1) is 18.0 Å². The molecule has 3 heteroatoms. The molecule has 1 rings (SSSR count). The fraction of sp³-hybridized carbons (Fsp3) is 1.00. The van der Waals surface area contributed by atoms with E-state index in [4.69, 9.17) is 4.74 Å². The van der Waals surface area contributed by atoms with E-state index in [-0.39, 0.29) is 11.4 Å². The summed E-state index contributed by atoms with van der Waals surface area (Å²) in [5.74, 6) is 0.714. The van der Waals surface area contributed by atoms with Crippen molar-refractivity contribution in [3.8, 4) is 0 Å². The van der Waals surface area contributed by atoms with Crippen LogP contribution in [0.3, 0.4) is 0 Å². The average Bonchev–Trinajstić information content (AvgIpc) is 1.83. The van der Waals surface area contributed by atoms with E-state index < -0.39 is 10.8 Å². The molecule has 0 spiro atoms. The van der Waals surface area contributed by atoms with Crippen molar-refractivity contribution in [2.45, 2.75) is 25.2 Å². The Labute approximate surface area is 58.0 Å². The first kappa shape index (κ1) is 7.22. The third-order valence-corrected chi connectivity index (χ3v) is 3.52. The Morgan fingerprint density at radius 2 is 2.22 bits per heavy atom. The van der Waals surface area contributed by atoms with Crippen LogP contribution in [0.15, 0.2) is 0 Å². The third-order valence-electron chi connectivity index (χ3n) is 1.74. The third kappa shape index (κ3) is 1.52. The van der Waals surface area contributed by atoms with Crippen LogP contribution in [0.1, 0.15) is 13.8 Å². The summed E-state index contributed by atoms with van der Waals surface area (Å²) in [5, 5.41) is 0.221. The highest BCUT2D eigenvalue weighted by Crippen LogP contribution is 2.11. The average molecular weight is 148 g/mol. The molecule has 1 saturated heterocycles. The molecule has 0 aliphatic carbocycles. The van der Waals surface area contributed by atoms with E-state index in [1.54, 1.807) is 0 Å². The van der Waals surface area contributed by atoms with Gasteiger partial charge in [-0.1, -0.05) is 0 Å². The molecule has 0 aromatic heterocycles. The molecule has 0 radical (unpaired) electrons. The lowest BCUT2D eigenvalue weighted by Crippen LogP contribution is -2.36. The van der Waals surface area contributed by atoms with Gasteiger partial charge in [-0.2, -0.15) is 0 Å². The van der Waals surface area contributed by atoms with Crippen molar-refractivity contribution in [1.82, 2.24) is 0 Å². The summed E-state index contributed by atoms with van der Waals surface area (Å²) in [4.78, 5) is 0. The molecule has 2 nitrogen and oxygen atoms in total. The molecule has 1 fully saturated rings. The van der Waals surface area contributed by atoms with Crippen molar-refractivity contribution in [1.29, 1.82) is 0 Å². The molecular weight excluding hydrogens is 136 g/mol. The van der Waals surface area contributed by atoms with Crippen molar-refractivity contribution < 1.29 is 8.95 Å². The summed E-state index contributed by atoms with van der Waals surface area (Å²) in [6.07, 6.45) is 0.180. The molecule has 0 unspecified atom stereocenters. The van der Waals surface area contributed by atoms with Gasteiger partial charge in [0.1, 0.15) is 0 Å². The lowest BCUT2D eigenvalue weighted by atomic mass is 10.3. The van der Waals surface area contributed by atoms with E-state index in [1.165, 1.54) is 0 Å². The highest BCUT2D eigenvalue weighted by atomic mass is 32.2.